The number of nitro benzene ring substituents is 1. The maximum Gasteiger partial charge on any atom is 0.305 e. The smallest absolute Gasteiger partial charge is 0.305 e. The van der Waals surface area contributed by atoms with E-state index in [1.165, 1.54) is 23.1 Å². The van der Waals surface area contributed by atoms with Crippen molar-refractivity contribution >= 4 is 23.3 Å². The molecule has 0 radical (unpaired) electrons. The molecule has 0 saturated carbocycles. The zero-order valence-corrected chi connectivity index (χ0v) is 12.7. The van der Waals surface area contributed by atoms with Gasteiger partial charge >= 0.3 is 5.97 Å². The Morgan fingerprint density at radius 2 is 2.05 bits per heavy atom. The molecule has 0 aliphatic rings. The quantitative estimate of drug-likeness (QED) is 0.585. The van der Waals surface area contributed by atoms with Crippen LogP contribution in [0.2, 0.25) is 0 Å². The lowest BCUT2D eigenvalue weighted by molar-refractivity contribution is -0.384. The van der Waals surface area contributed by atoms with Crippen LogP contribution in [0.4, 0.5) is 11.4 Å². The van der Waals surface area contributed by atoms with Crippen LogP contribution in [0, 0.1) is 10.1 Å². The van der Waals surface area contributed by atoms with E-state index in [0.717, 1.165) is 0 Å². The maximum atomic E-state index is 11.9. The number of nitrogens with zero attached hydrogens (tertiary/aromatic N) is 2. The number of benzene rings is 1. The molecule has 0 bridgehead atoms. The highest BCUT2D eigenvalue weighted by Gasteiger charge is 2.20. The number of rotatable bonds is 7. The molecule has 0 unspecified atom stereocenters. The van der Waals surface area contributed by atoms with Crippen molar-refractivity contribution in [3.05, 3.63) is 33.9 Å². The van der Waals surface area contributed by atoms with Gasteiger partial charge in [0.05, 0.1) is 11.3 Å². The molecule has 1 rings (SSSR count). The zero-order valence-electron chi connectivity index (χ0n) is 12.7. The van der Waals surface area contributed by atoms with Crippen LogP contribution in [-0.4, -0.2) is 41.5 Å². The third kappa shape index (κ3) is 4.72. The average molecular weight is 309 g/mol. The van der Waals surface area contributed by atoms with Crippen LogP contribution in [-0.2, 0) is 4.79 Å². The van der Waals surface area contributed by atoms with Gasteiger partial charge in [0.25, 0.3) is 11.6 Å². The molecule has 8 nitrogen and oxygen atoms in total. The molecule has 0 saturated heterocycles. The zero-order chi connectivity index (χ0) is 16.9. The van der Waals surface area contributed by atoms with Crippen molar-refractivity contribution in [2.75, 3.05) is 18.5 Å². The first kappa shape index (κ1) is 17.4. The van der Waals surface area contributed by atoms with E-state index in [1.54, 1.807) is 20.9 Å². The average Bonchev–Trinajstić information content (AvgIpc) is 2.43. The van der Waals surface area contributed by atoms with Gasteiger partial charge in [0, 0.05) is 31.3 Å². The van der Waals surface area contributed by atoms with Crippen LogP contribution < -0.4 is 10.2 Å². The van der Waals surface area contributed by atoms with Gasteiger partial charge in [-0.25, -0.2) is 0 Å². The highest BCUT2D eigenvalue weighted by Crippen LogP contribution is 2.28. The highest BCUT2D eigenvalue weighted by molar-refractivity contribution is 5.96. The van der Waals surface area contributed by atoms with Crippen molar-refractivity contribution in [1.29, 1.82) is 0 Å². The molecule has 0 aliphatic heterocycles. The summed E-state index contributed by atoms with van der Waals surface area (Å²) in [6.45, 7) is 3.72. The highest BCUT2D eigenvalue weighted by atomic mass is 16.6. The number of nitro groups is 1. The Kier molecular flexibility index (Phi) is 5.85. The summed E-state index contributed by atoms with van der Waals surface area (Å²) in [5.41, 5.74) is 0.229. The Labute approximate surface area is 127 Å². The van der Waals surface area contributed by atoms with Crippen LogP contribution in [0.15, 0.2) is 18.2 Å². The van der Waals surface area contributed by atoms with Crippen LogP contribution in [0.25, 0.3) is 0 Å². The summed E-state index contributed by atoms with van der Waals surface area (Å²) in [5.74, 6) is -1.37. The topological polar surface area (TPSA) is 113 Å². The van der Waals surface area contributed by atoms with Crippen molar-refractivity contribution < 1.29 is 19.6 Å². The fraction of sp³-hybridized carbons (Fsp3) is 0.429. The molecule has 2 N–H and O–H groups in total. The van der Waals surface area contributed by atoms with E-state index >= 15 is 0 Å². The van der Waals surface area contributed by atoms with Crippen molar-refractivity contribution in [2.45, 2.75) is 26.3 Å². The molecule has 0 spiro atoms. The first-order chi connectivity index (χ1) is 10.2. The number of carboxylic acids is 1. The van der Waals surface area contributed by atoms with Crippen molar-refractivity contribution in [1.82, 2.24) is 5.32 Å². The number of carbonyl (C=O) groups excluding carboxylic acids is 1. The normalized spacial score (nSPS) is 10.4. The molecule has 0 aliphatic carbocycles. The summed E-state index contributed by atoms with van der Waals surface area (Å²) in [4.78, 5) is 34.6. The Morgan fingerprint density at radius 3 is 2.55 bits per heavy atom. The number of carbonyl (C=O) groups is 2. The summed E-state index contributed by atoms with van der Waals surface area (Å²) < 4.78 is 0. The fourth-order valence-corrected chi connectivity index (χ4v) is 1.86. The second-order valence-electron chi connectivity index (χ2n) is 5.15. The van der Waals surface area contributed by atoms with Gasteiger partial charge in [-0.15, -0.1) is 0 Å². The van der Waals surface area contributed by atoms with E-state index in [0.29, 0.717) is 0 Å². The van der Waals surface area contributed by atoms with Crippen LogP contribution in [0.3, 0.4) is 0 Å². The van der Waals surface area contributed by atoms with Gasteiger partial charge < -0.3 is 15.3 Å². The third-order valence-corrected chi connectivity index (χ3v) is 2.93. The fourth-order valence-electron chi connectivity index (χ4n) is 1.86. The predicted octanol–water partition coefficient (Wildman–Crippen LogP) is 1.64. The van der Waals surface area contributed by atoms with Gasteiger partial charge in [-0.3, -0.25) is 19.7 Å². The van der Waals surface area contributed by atoms with E-state index < -0.39 is 16.8 Å². The van der Waals surface area contributed by atoms with Gasteiger partial charge in [0.2, 0.25) is 0 Å². The van der Waals surface area contributed by atoms with E-state index in [1.807, 2.05) is 0 Å². The maximum absolute atomic E-state index is 11.9. The van der Waals surface area contributed by atoms with Gasteiger partial charge in [-0.05, 0) is 26.0 Å². The Hall–Kier alpha value is -2.64. The Morgan fingerprint density at radius 1 is 1.41 bits per heavy atom. The molecule has 0 aromatic heterocycles. The third-order valence-electron chi connectivity index (χ3n) is 2.93. The minimum absolute atomic E-state index is 0.0792. The van der Waals surface area contributed by atoms with E-state index in [-0.39, 0.29) is 35.9 Å². The lowest BCUT2D eigenvalue weighted by Crippen LogP contribution is -2.30. The summed E-state index contributed by atoms with van der Waals surface area (Å²) in [5, 5.41) is 22.5. The Bertz CT molecular complexity index is 586. The second kappa shape index (κ2) is 7.39. The molecule has 0 heterocycles. The summed E-state index contributed by atoms with van der Waals surface area (Å²) in [7, 11) is 1.57. The van der Waals surface area contributed by atoms with Crippen LogP contribution in [0.1, 0.15) is 30.6 Å². The number of carboxylic acid groups (broad SMARTS) is 1. The second-order valence-corrected chi connectivity index (χ2v) is 5.15. The summed E-state index contributed by atoms with van der Waals surface area (Å²) in [6.07, 6.45) is -0.136. The lowest BCUT2D eigenvalue weighted by Gasteiger charge is -2.18. The predicted molar refractivity (Wildman–Crippen MR) is 81.2 cm³/mol. The molecule has 120 valence electrons. The summed E-state index contributed by atoms with van der Waals surface area (Å²) >= 11 is 0. The number of hydrogen-bond donors (Lipinski definition) is 2. The number of nitrogens with one attached hydrogen (secondary N) is 1. The molecule has 0 atom stereocenters. The van der Waals surface area contributed by atoms with Gasteiger partial charge in [0.1, 0.15) is 5.69 Å². The number of hydrogen-bond acceptors (Lipinski definition) is 5. The molecule has 0 fully saturated rings. The molecular weight excluding hydrogens is 290 g/mol. The number of aliphatic carboxylic acids is 1. The molecule has 1 aromatic carbocycles. The number of amides is 1. The monoisotopic (exact) mass is 309 g/mol. The van der Waals surface area contributed by atoms with Crippen LogP contribution >= 0.6 is 0 Å². The molecule has 22 heavy (non-hydrogen) atoms. The van der Waals surface area contributed by atoms with Gasteiger partial charge in [0.15, 0.2) is 0 Å². The van der Waals surface area contributed by atoms with Crippen molar-refractivity contribution in [3.63, 3.8) is 0 Å². The van der Waals surface area contributed by atoms with Gasteiger partial charge in [-0.1, -0.05) is 0 Å². The van der Waals surface area contributed by atoms with Crippen molar-refractivity contribution in [3.8, 4) is 0 Å². The SMILES string of the molecule is CC(C)NC(=O)c1ccc(N(C)CCC(=O)O)c([N+](=O)[O-])c1. The minimum Gasteiger partial charge on any atom is -0.481 e. The molecule has 8 heteroatoms. The standard InChI is InChI=1S/C14H19N3O5/c1-9(2)15-14(20)10-4-5-11(12(8-10)17(21)22)16(3)7-6-13(18)19/h4-5,8-9H,6-7H2,1-3H3,(H,15,20)(H,18,19). The van der Waals surface area contributed by atoms with Gasteiger partial charge in [-0.2, -0.15) is 0 Å². The van der Waals surface area contributed by atoms with E-state index in [2.05, 4.69) is 5.32 Å². The first-order valence-corrected chi connectivity index (χ1v) is 6.74. The minimum atomic E-state index is -0.984. The van der Waals surface area contributed by atoms with Crippen LogP contribution in [0.5, 0.6) is 0 Å². The summed E-state index contributed by atoms with van der Waals surface area (Å²) in [6, 6.07) is 4.06. The molecular formula is C14H19N3O5. The first-order valence-electron chi connectivity index (χ1n) is 6.74. The number of anilines is 1. The molecule has 1 amide bonds. The molecule has 1 aromatic rings. The van der Waals surface area contributed by atoms with Crippen molar-refractivity contribution in [2.24, 2.45) is 0 Å². The van der Waals surface area contributed by atoms with E-state index in [9.17, 15) is 19.7 Å². The van der Waals surface area contributed by atoms with E-state index in [4.69, 9.17) is 5.11 Å². The largest absolute Gasteiger partial charge is 0.481 e. The lowest BCUT2D eigenvalue weighted by atomic mass is 10.1. The Balaban J connectivity index is 3.07.